The second-order valence-electron chi connectivity index (χ2n) is 4.29. The Hall–Kier alpha value is -1.55. The Kier molecular flexibility index (Phi) is 3.07. The van der Waals surface area contributed by atoms with E-state index >= 15 is 0 Å². The van der Waals surface area contributed by atoms with Gasteiger partial charge in [0, 0.05) is 0 Å². The van der Waals surface area contributed by atoms with Gasteiger partial charge in [-0.15, -0.1) is 0 Å². The molecule has 9 heteroatoms. The molecule has 0 spiro atoms. The van der Waals surface area contributed by atoms with Crippen LogP contribution in [0.5, 0.6) is 0 Å². The van der Waals surface area contributed by atoms with E-state index in [0.29, 0.717) is 0 Å². The van der Waals surface area contributed by atoms with Crippen molar-refractivity contribution in [2.45, 2.75) is 31.0 Å². The largest absolute Gasteiger partial charge is 0.394 e. The van der Waals surface area contributed by atoms with Crippen molar-refractivity contribution in [1.82, 2.24) is 14.8 Å². The number of ether oxygens (including phenoxy) is 1. The minimum absolute atomic E-state index is 0.0619. The Morgan fingerprint density at radius 3 is 2.83 bits per heavy atom. The van der Waals surface area contributed by atoms with Crippen LogP contribution in [-0.2, 0) is 4.74 Å². The fourth-order valence-corrected chi connectivity index (χ4v) is 1.87. The van der Waals surface area contributed by atoms with E-state index in [1.807, 2.05) is 0 Å². The third kappa shape index (κ3) is 1.86. The number of hydrogen-bond acceptors (Lipinski definition) is 8. The van der Waals surface area contributed by atoms with Crippen LogP contribution < -0.4 is 11.4 Å². The average molecular weight is 258 g/mol. The number of nitrogen functional groups attached to an aromatic ring is 1. The van der Waals surface area contributed by atoms with Gasteiger partial charge in [0.1, 0.15) is 23.6 Å². The zero-order valence-electron chi connectivity index (χ0n) is 9.59. The molecule has 100 valence electrons. The van der Waals surface area contributed by atoms with Crippen LogP contribution in [0.1, 0.15) is 13.2 Å². The van der Waals surface area contributed by atoms with Crippen molar-refractivity contribution in [1.29, 1.82) is 0 Å². The summed E-state index contributed by atoms with van der Waals surface area (Å²) < 4.78 is 5.99. The van der Waals surface area contributed by atoms with Crippen molar-refractivity contribution in [2.75, 3.05) is 12.3 Å². The van der Waals surface area contributed by atoms with Gasteiger partial charge in [-0.05, 0) is 6.92 Å². The van der Waals surface area contributed by atoms with Gasteiger partial charge in [0.15, 0.2) is 6.23 Å². The smallest absolute Gasteiger partial charge is 0.368 e. The molecule has 0 aliphatic carbocycles. The summed E-state index contributed by atoms with van der Waals surface area (Å²) in [6, 6.07) is 0. The maximum atomic E-state index is 11.6. The first-order chi connectivity index (χ1) is 8.37. The molecule has 18 heavy (non-hydrogen) atoms. The Balaban J connectivity index is 2.42. The molecule has 9 nitrogen and oxygen atoms in total. The summed E-state index contributed by atoms with van der Waals surface area (Å²) in [4.78, 5) is 15.0. The fourth-order valence-electron chi connectivity index (χ4n) is 1.87. The molecule has 0 aromatic carbocycles. The van der Waals surface area contributed by atoms with Gasteiger partial charge >= 0.3 is 5.69 Å². The molecular formula is C9H14N4O5. The molecule has 5 N–H and O–H groups in total. The van der Waals surface area contributed by atoms with Gasteiger partial charge < -0.3 is 25.8 Å². The van der Waals surface area contributed by atoms with Crippen LogP contribution in [0.15, 0.2) is 11.0 Å². The van der Waals surface area contributed by atoms with Crippen molar-refractivity contribution in [2.24, 2.45) is 0 Å². The summed E-state index contributed by atoms with van der Waals surface area (Å²) in [6.45, 7) is 0.785. The zero-order chi connectivity index (χ0) is 13.5. The number of nitrogens with zero attached hydrogens (tertiary/aromatic N) is 3. The Morgan fingerprint density at radius 2 is 2.33 bits per heavy atom. The van der Waals surface area contributed by atoms with Crippen molar-refractivity contribution < 1.29 is 20.1 Å². The second-order valence-corrected chi connectivity index (χ2v) is 4.29. The van der Waals surface area contributed by atoms with Crippen LogP contribution in [-0.4, -0.2) is 54.5 Å². The lowest BCUT2D eigenvalue weighted by molar-refractivity contribution is -0.105. The minimum Gasteiger partial charge on any atom is -0.394 e. The zero-order valence-corrected chi connectivity index (χ0v) is 9.59. The highest BCUT2D eigenvalue weighted by Gasteiger charge is 2.53. The Labute approximate surface area is 101 Å². The van der Waals surface area contributed by atoms with Crippen LogP contribution in [0.3, 0.4) is 0 Å². The summed E-state index contributed by atoms with van der Waals surface area (Å²) in [5.41, 5.74) is 2.71. The monoisotopic (exact) mass is 258 g/mol. The standard InChI is InChI=1S/C9H14N4O5/c1-9(17)6(15)4(3-14)18-7(9)13-8(16)12-5(10)2-11-13/h2,4,6-7,14-15,17H,3H2,1H3,(H2,10,12,16)/t4?,6-,7?,9?/m1/s1. The van der Waals surface area contributed by atoms with Gasteiger partial charge in [-0.1, -0.05) is 0 Å². The average Bonchev–Trinajstić information content (AvgIpc) is 2.52. The molecule has 2 rings (SSSR count). The quantitative estimate of drug-likeness (QED) is 0.446. The molecule has 1 saturated heterocycles. The molecule has 1 aliphatic rings. The molecule has 0 bridgehead atoms. The van der Waals surface area contributed by atoms with Gasteiger partial charge in [-0.2, -0.15) is 14.8 Å². The fraction of sp³-hybridized carbons (Fsp3) is 0.667. The Morgan fingerprint density at radius 1 is 1.67 bits per heavy atom. The minimum atomic E-state index is -1.78. The van der Waals surface area contributed by atoms with Crippen molar-refractivity contribution in [3.8, 4) is 0 Å². The third-order valence-electron chi connectivity index (χ3n) is 2.89. The summed E-state index contributed by atoms with van der Waals surface area (Å²) in [5, 5.41) is 32.6. The summed E-state index contributed by atoms with van der Waals surface area (Å²) in [5.74, 6) is -0.0619. The van der Waals surface area contributed by atoms with Gasteiger partial charge in [0.05, 0.1) is 12.8 Å². The molecule has 1 aromatic heterocycles. The molecule has 1 aromatic rings. The highest BCUT2D eigenvalue weighted by molar-refractivity contribution is 5.19. The number of aromatic nitrogens is 3. The molecule has 2 heterocycles. The number of hydrogen-bond donors (Lipinski definition) is 4. The number of rotatable bonds is 2. The van der Waals surface area contributed by atoms with Crippen molar-refractivity contribution in [3.05, 3.63) is 16.7 Å². The summed E-state index contributed by atoms with van der Waals surface area (Å²) >= 11 is 0. The van der Waals surface area contributed by atoms with E-state index in [4.69, 9.17) is 15.6 Å². The summed E-state index contributed by atoms with van der Waals surface area (Å²) in [6.07, 6.45) is -2.47. The SMILES string of the molecule is CC1(O)C(n2ncc(N)nc2=O)OC(CO)[C@H]1O. The first kappa shape index (κ1) is 12.9. The highest BCUT2D eigenvalue weighted by Crippen LogP contribution is 2.36. The van der Waals surface area contributed by atoms with E-state index in [9.17, 15) is 15.0 Å². The van der Waals surface area contributed by atoms with Crippen LogP contribution in [0.4, 0.5) is 5.82 Å². The topological polar surface area (TPSA) is 144 Å². The predicted octanol–water partition coefficient (Wildman–Crippen LogP) is -2.78. The lowest BCUT2D eigenvalue weighted by Crippen LogP contribution is -2.47. The molecular weight excluding hydrogens is 244 g/mol. The number of anilines is 1. The molecule has 0 radical (unpaired) electrons. The van der Waals surface area contributed by atoms with E-state index in [-0.39, 0.29) is 5.82 Å². The molecule has 0 saturated carbocycles. The lowest BCUT2D eigenvalue weighted by atomic mass is 9.97. The molecule has 0 amide bonds. The first-order valence-corrected chi connectivity index (χ1v) is 5.26. The number of nitrogens with two attached hydrogens (primary N) is 1. The van der Waals surface area contributed by atoms with Crippen molar-refractivity contribution in [3.63, 3.8) is 0 Å². The molecule has 4 atom stereocenters. The predicted molar refractivity (Wildman–Crippen MR) is 58.3 cm³/mol. The van der Waals surface area contributed by atoms with E-state index in [1.165, 1.54) is 6.92 Å². The van der Waals surface area contributed by atoms with E-state index in [2.05, 4.69) is 10.1 Å². The third-order valence-corrected chi connectivity index (χ3v) is 2.89. The van der Waals surface area contributed by atoms with Gasteiger partial charge in [-0.3, -0.25) is 0 Å². The van der Waals surface area contributed by atoms with E-state index in [1.54, 1.807) is 0 Å². The molecule has 1 aliphatic heterocycles. The van der Waals surface area contributed by atoms with Crippen LogP contribution in [0.25, 0.3) is 0 Å². The highest BCUT2D eigenvalue weighted by atomic mass is 16.6. The van der Waals surface area contributed by atoms with Crippen LogP contribution >= 0.6 is 0 Å². The van der Waals surface area contributed by atoms with Crippen LogP contribution in [0.2, 0.25) is 0 Å². The van der Waals surface area contributed by atoms with Gasteiger partial charge in [-0.25, -0.2) is 4.79 Å². The second kappa shape index (κ2) is 4.28. The molecule has 3 unspecified atom stereocenters. The Bertz CT molecular complexity index is 502. The van der Waals surface area contributed by atoms with Gasteiger partial charge in [0.25, 0.3) is 0 Å². The lowest BCUT2D eigenvalue weighted by Gasteiger charge is -2.26. The van der Waals surface area contributed by atoms with E-state index in [0.717, 1.165) is 10.9 Å². The maximum absolute atomic E-state index is 11.6. The maximum Gasteiger partial charge on any atom is 0.368 e. The van der Waals surface area contributed by atoms with Crippen molar-refractivity contribution >= 4 is 5.82 Å². The van der Waals surface area contributed by atoms with Gasteiger partial charge in [0.2, 0.25) is 0 Å². The number of aliphatic hydroxyl groups excluding tert-OH is 2. The van der Waals surface area contributed by atoms with E-state index < -0.39 is 36.3 Å². The summed E-state index contributed by atoms with van der Waals surface area (Å²) in [7, 11) is 0. The first-order valence-electron chi connectivity index (χ1n) is 5.26. The number of aliphatic hydroxyl groups is 3. The molecule has 1 fully saturated rings. The normalized spacial score (nSPS) is 35.9. The van der Waals surface area contributed by atoms with Crippen LogP contribution in [0, 0.1) is 0 Å².